The molecule has 1 aliphatic rings. The molecule has 2 N–H and O–H groups in total. The normalized spacial score (nSPS) is 55.3. The third-order valence-electron chi connectivity index (χ3n) is 0.652. The van der Waals surface area contributed by atoms with E-state index < -0.39 is 37.0 Å². The van der Waals surface area contributed by atoms with E-state index in [0.717, 1.165) is 0 Å². The molecule has 0 radical (unpaired) electrons. The number of carboxylic acid groups (broad SMARTS) is 1. The van der Waals surface area contributed by atoms with Gasteiger partial charge >= 0.3 is 6.09 Å². The molecule has 1 aliphatic heterocycles. The number of nitrogens with zero attached hydrogens (tertiary/aromatic N) is 1. The van der Waals surface area contributed by atoms with Crippen LogP contribution in [0.15, 0.2) is 0 Å². The summed E-state index contributed by atoms with van der Waals surface area (Å²) in [4.78, 5) is 10.4. The molecule has 1 saturated heterocycles. The fourth-order valence-electron chi connectivity index (χ4n) is 0.323. The lowest BCUT2D eigenvalue weighted by molar-refractivity contribution is 0.139. The average Bonchev–Trinajstić information content (AvgIpc) is 1.96. The summed E-state index contributed by atoms with van der Waals surface area (Å²) >= 11 is 0. The minimum Gasteiger partial charge on any atom is -0.465 e. The van der Waals surface area contributed by atoms with E-state index in [1.165, 1.54) is 5.32 Å². The van der Waals surface area contributed by atoms with E-state index in [2.05, 4.69) is 0 Å². The highest BCUT2D eigenvalue weighted by Gasteiger charge is 2.13. The van der Waals surface area contributed by atoms with Gasteiger partial charge in [-0.05, 0) is 0 Å². The van der Waals surface area contributed by atoms with Crippen molar-refractivity contribution in [1.82, 2.24) is 10.2 Å². The van der Waals surface area contributed by atoms with Crippen LogP contribution in [0, 0.1) is 0 Å². The third-order valence-corrected chi connectivity index (χ3v) is 0.652. The van der Waals surface area contributed by atoms with Crippen LogP contribution in [0.2, 0.25) is 0 Å². The average molecular weight is 138 g/mol. The molecule has 1 amide bonds. The van der Waals surface area contributed by atoms with Gasteiger partial charge in [-0.2, -0.15) is 0 Å². The predicted molar refractivity (Wildman–Crippen MR) is 32.5 cm³/mol. The molecule has 0 spiro atoms. The summed E-state index contributed by atoms with van der Waals surface area (Å²) in [6.07, 6.45) is -2.09. The van der Waals surface area contributed by atoms with Gasteiger partial charge < -0.3 is 15.3 Å². The number of carbonyl (C=O) groups is 1. The van der Waals surface area contributed by atoms with Crippen LogP contribution in [-0.4, -0.2) is 42.1 Å². The molecule has 1 heterocycles. The summed E-state index contributed by atoms with van der Waals surface area (Å²) in [6.45, 7) is -12.6. The maximum absolute atomic E-state index is 10.8. The summed E-state index contributed by atoms with van der Waals surface area (Å²) in [7, 11) is 0. The molecule has 0 unspecified atom stereocenters. The van der Waals surface area contributed by atoms with Crippen molar-refractivity contribution in [3.05, 3.63) is 0 Å². The molecule has 0 aromatic rings. The van der Waals surface area contributed by atoms with Crippen LogP contribution >= 0.6 is 0 Å². The van der Waals surface area contributed by atoms with Crippen LogP contribution < -0.4 is 5.32 Å². The molecule has 0 saturated carbocycles. The van der Waals surface area contributed by atoms with Crippen molar-refractivity contribution >= 4 is 6.09 Å². The van der Waals surface area contributed by atoms with E-state index in [4.69, 9.17) is 16.1 Å². The first-order valence-corrected chi connectivity index (χ1v) is 2.10. The van der Waals surface area contributed by atoms with Gasteiger partial charge in [0.15, 0.2) is 0 Å². The zero-order valence-corrected chi connectivity index (χ0v) is 4.30. The fraction of sp³-hybridized carbons (Fsp3) is 0.800. The molecule has 0 aliphatic carbocycles. The van der Waals surface area contributed by atoms with Crippen molar-refractivity contribution in [2.24, 2.45) is 0 Å². The molecule has 0 aromatic heterocycles. The standard InChI is InChI=1S/C5H10N2O2/c8-5(9)7-3-1-6-2-4-7/h6H,1-4H2,(H,8,9)/i1D2,2D2,3D2,4D2. The van der Waals surface area contributed by atoms with Crippen molar-refractivity contribution in [3.63, 3.8) is 0 Å². The third kappa shape index (κ3) is 1.57. The summed E-state index contributed by atoms with van der Waals surface area (Å²) in [5, 5.41) is 10.3. The Bertz CT molecular complexity index is 330. The molecule has 52 valence electrons. The highest BCUT2D eigenvalue weighted by Crippen LogP contribution is 1.90. The Balaban J connectivity index is 3.43. The Kier molecular flexibility index (Phi) is 0.487. The highest BCUT2D eigenvalue weighted by atomic mass is 16.4. The topological polar surface area (TPSA) is 52.6 Å². The van der Waals surface area contributed by atoms with Gasteiger partial charge in [-0.3, -0.25) is 0 Å². The van der Waals surface area contributed by atoms with Crippen molar-refractivity contribution < 1.29 is 20.9 Å². The maximum atomic E-state index is 10.8. The van der Waals surface area contributed by atoms with Crippen molar-refractivity contribution in [2.75, 3.05) is 26.0 Å². The van der Waals surface area contributed by atoms with E-state index >= 15 is 0 Å². The van der Waals surface area contributed by atoms with Crippen LogP contribution in [-0.2, 0) is 0 Å². The lowest BCUT2D eigenvalue weighted by Crippen LogP contribution is -2.45. The van der Waals surface area contributed by atoms with Gasteiger partial charge in [0.2, 0.25) is 0 Å². The van der Waals surface area contributed by atoms with E-state index in [1.807, 2.05) is 0 Å². The zero-order valence-electron chi connectivity index (χ0n) is 12.3. The molecular weight excluding hydrogens is 120 g/mol. The molecule has 0 aromatic carbocycles. The Labute approximate surface area is 64.7 Å². The van der Waals surface area contributed by atoms with Crippen molar-refractivity contribution in [1.29, 1.82) is 0 Å². The number of hydrogen-bond donors (Lipinski definition) is 2. The van der Waals surface area contributed by atoms with E-state index in [-0.39, 0.29) is 0 Å². The van der Waals surface area contributed by atoms with Gasteiger partial charge in [-0.1, -0.05) is 0 Å². The molecule has 4 nitrogen and oxygen atoms in total. The Morgan fingerprint density at radius 2 is 2.22 bits per heavy atom. The molecule has 1 fully saturated rings. The van der Waals surface area contributed by atoms with Gasteiger partial charge in [0.05, 0.1) is 5.48 Å². The van der Waals surface area contributed by atoms with Crippen LogP contribution in [0.5, 0.6) is 0 Å². The SMILES string of the molecule is [2H]C1([2H])NC([2H])([2H])C([2H])([2H])N(C(=O)O)C1([2H])[2H]. The van der Waals surface area contributed by atoms with Crippen LogP contribution in [0.25, 0.3) is 0 Å². The van der Waals surface area contributed by atoms with Crippen LogP contribution in [0.4, 0.5) is 4.79 Å². The first kappa shape index (κ1) is 1.63. The maximum Gasteiger partial charge on any atom is 0.407 e. The van der Waals surface area contributed by atoms with Gasteiger partial charge in [-0.15, -0.1) is 0 Å². The highest BCUT2D eigenvalue weighted by molar-refractivity contribution is 5.65. The van der Waals surface area contributed by atoms with Gasteiger partial charge in [0.25, 0.3) is 0 Å². The Morgan fingerprint density at radius 1 is 1.67 bits per heavy atom. The van der Waals surface area contributed by atoms with Crippen molar-refractivity contribution in [3.8, 4) is 0 Å². The Morgan fingerprint density at radius 3 is 2.67 bits per heavy atom. The van der Waals surface area contributed by atoms with Crippen molar-refractivity contribution in [2.45, 2.75) is 0 Å². The molecule has 9 heavy (non-hydrogen) atoms. The summed E-state index contributed by atoms with van der Waals surface area (Å²) in [5.41, 5.74) is 0. The van der Waals surface area contributed by atoms with Gasteiger partial charge in [0.1, 0.15) is 0 Å². The number of nitrogens with one attached hydrogen (secondary N) is 1. The number of piperazine rings is 1. The summed E-state index contributed by atoms with van der Waals surface area (Å²) in [6, 6.07) is 0. The molecule has 4 heteroatoms. The van der Waals surface area contributed by atoms with E-state index in [0.29, 0.717) is 0 Å². The predicted octanol–water partition coefficient (Wildman–Crippen LogP) is -0.430. The minimum atomic E-state index is -3.26. The smallest absolute Gasteiger partial charge is 0.407 e. The second-order valence-corrected chi connectivity index (χ2v) is 1.22. The summed E-state index contributed by atoms with van der Waals surface area (Å²) < 4.78 is 58.3. The molecule has 0 bridgehead atoms. The zero-order chi connectivity index (χ0) is 13.9. The van der Waals surface area contributed by atoms with E-state index in [9.17, 15) is 4.79 Å². The first-order valence-electron chi connectivity index (χ1n) is 6.10. The Hall–Kier alpha value is -0.770. The minimum absolute atomic E-state index is 0.490. The second kappa shape index (κ2) is 2.68. The second-order valence-electron chi connectivity index (χ2n) is 1.22. The first-order chi connectivity index (χ1) is 7.27. The summed E-state index contributed by atoms with van der Waals surface area (Å²) in [5.74, 6) is 0. The lowest BCUT2D eigenvalue weighted by Gasteiger charge is -2.23. The van der Waals surface area contributed by atoms with Crippen LogP contribution in [0.3, 0.4) is 0 Å². The van der Waals surface area contributed by atoms with Crippen LogP contribution in [0.1, 0.15) is 11.0 Å². The van der Waals surface area contributed by atoms with E-state index in [1.54, 1.807) is 0 Å². The molecular formula is C5H10N2O2. The number of rotatable bonds is 0. The monoisotopic (exact) mass is 138 g/mol. The number of amides is 1. The quantitative estimate of drug-likeness (QED) is 0.477. The molecule has 0 atom stereocenters. The molecule has 1 rings (SSSR count). The number of hydrogen-bond acceptors (Lipinski definition) is 2. The van der Waals surface area contributed by atoms with Gasteiger partial charge in [-0.25, -0.2) is 4.79 Å². The fourth-order valence-corrected chi connectivity index (χ4v) is 0.323. The lowest BCUT2D eigenvalue weighted by atomic mass is 10.4. The largest absolute Gasteiger partial charge is 0.465 e. The van der Waals surface area contributed by atoms with Gasteiger partial charge in [0, 0.05) is 31.5 Å².